The second kappa shape index (κ2) is 8.72. The minimum atomic E-state index is -0.604. The number of nitrogens with one attached hydrogen (secondary N) is 1. The van der Waals surface area contributed by atoms with Crippen LogP contribution in [-0.4, -0.2) is 65.7 Å². The Labute approximate surface area is 186 Å². The molecule has 1 atom stereocenters. The number of aryl methyl sites for hydroxylation is 1. The van der Waals surface area contributed by atoms with E-state index in [9.17, 15) is 9.59 Å². The Balaban J connectivity index is 1.38. The Morgan fingerprint density at radius 1 is 1.09 bits per heavy atom. The maximum atomic E-state index is 13.4. The number of para-hydroxylation sites is 2. The molecule has 0 spiro atoms. The Morgan fingerprint density at radius 2 is 1.84 bits per heavy atom. The van der Waals surface area contributed by atoms with Crippen molar-refractivity contribution in [1.29, 1.82) is 0 Å². The van der Waals surface area contributed by atoms with Gasteiger partial charge >= 0.3 is 0 Å². The number of benzene rings is 2. The molecule has 3 heterocycles. The average Bonchev–Trinajstić information content (AvgIpc) is 3.29. The molecule has 166 valence electrons. The number of morpholine rings is 1. The van der Waals surface area contributed by atoms with Crippen LogP contribution in [0.2, 0.25) is 0 Å². The Hall–Kier alpha value is -3.23. The summed E-state index contributed by atoms with van der Waals surface area (Å²) in [7, 11) is 0. The van der Waals surface area contributed by atoms with E-state index in [2.05, 4.69) is 10.2 Å². The lowest BCUT2D eigenvalue weighted by Gasteiger charge is -2.28. The summed E-state index contributed by atoms with van der Waals surface area (Å²) in [6.07, 6.45) is 0.0636. The summed E-state index contributed by atoms with van der Waals surface area (Å²) < 4.78 is 7.34. The van der Waals surface area contributed by atoms with Gasteiger partial charge in [0.15, 0.2) is 0 Å². The van der Waals surface area contributed by atoms with Crippen molar-refractivity contribution in [2.24, 2.45) is 0 Å². The second-order valence-electron chi connectivity index (χ2n) is 8.35. The molecule has 0 unspecified atom stereocenters. The number of rotatable bonds is 6. The van der Waals surface area contributed by atoms with Crippen LogP contribution in [0.1, 0.15) is 18.0 Å². The van der Waals surface area contributed by atoms with Gasteiger partial charge in [0, 0.05) is 31.9 Å². The lowest BCUT2D eigenvalue weighted by Crippen LogP contribution is -2.42. The van der Waals surface area contributed by atoms with Gasteiger partial charge < -0.3 is 10.1 Å². The highest BCUT2D eigenvalue weighted by molar-refractivity contribution is 6.05. The van der Waals surface area contributed by atoms with Crippen LogP contribution in [0.3, 0.4) is 0 Å². The fraction of sp³-hybridized carbons (Fsp3) is 0.375. The van der Waals surface area contributed by atoms with E-state index in [1.54, 1.807) is 4.90 Å². The van der Waals surface area contributed by atoms with Crippen molar-refractivity contribution in [3.8, 4) is 0 Å². The van der Waals surface area contributed by atoms with Crippen LogP contribution in [-0.2, 0) is 14.3 Å². The number of aromatic nitrogens is 2. The largest absolute Gasteiger partial charge is 0.379 e. The third-order valence-electron chi connectivity index (χ3n) is 6.14. The molecule has 0 bridgehead atoms. The summed E-state index contributed by atoms with van der Waals surface area (Å²) in [5, 5.41) is 2.92. The lowest BCUT2D eigenvalue weighted by molar-refractivity contribution is -0.124. The molecule has 8 heteroatoms. The molecule has 5 rings (SSSR count). The number of ether oxygens (including phenoxy) is 1. The number of hydrogen-bond acceptors (Lipinski definition) is 5. The minimum Gasteiger partial charge on any atom is -0.379 e. The SMILES string of the molecule is Cc1ccc(NC(=O)C[C@H]2C(=O)N(CCN3CCOCC3)c3nc4ccccc4n32)cc1. The highest BCUT2D eigenvalue weighted by atomic mass is 16.5. The predicted octanol–water partition coefficient (Wildman–Crippen LogP) is 2.59. The van der Waals surface area contributed by atoms with E-state index in [-0.39, 0.29) is 18.2 Å². The van der Waals surface area contributed by atoms with Crippen molar-refractivity contribution >= 4 is 34.5 Å². The van der Waals surface area contributed by atoms with E-state index >= 15 is 0 Å². The topological polar surface area (TPSA) is 79.7 Å². The first-order chi connectivity index (χ1) is 15.6. The van der Waals surface area contributed by atoms with E-state index in [1.165, 1.54) is 0 Å². The van der Waals surface area contributed by atoms with Crippen molar-refractivity contribution < 1.29 is 14.3 Å². The van der Waals surface area contributed by atoms with Gasteiger partial charge in [-0.2, -0.15) is 0 Å². The summed E-state index contributed by atoms with van der Waals surface area (Å²) in [6.45, 7) is 6.45. The quantitative estimate of drug-likeness (QED) is 0.646. The van der Waals surface area contributed by atoms with Crippen molar-refractivity contribution in [1.82, 2.24) is 14.5 Å². The molecule has 8 nitrogen and oxygen atoms in total. The molecule has 2 amide bonds. The number of imidazole rings is 1. The molecule has 1 saturated heterocycles. The maximum absolute atomic E-state index is 13.4. The molecule has 2 aliphatic rings. The van der Waals surface area contributed by atoms with Crippen LogP contribution in [0.4, 0.5) is 11.6 Å². The lowest BCUT2D eigenvalue weighted by atomic mass is 10.1. The summed E-state index contributed by atoms with van der Waals surface area (Å²) in [4.78, 5) is 35.0. The van der Waals surface area contributed by atoms with E-state index in [4.69, 9.17) is 9.72 Å². The van der Waals surface area contributed by atoms with Crippen LogP contribution >= 0.6 is 0 Å². The third-order valence-corrected chi connectivity index (χ3v) is 6.14. The number of nitrogens with zero attached hydrogens (tertiary/aromatic N) is 4. The number of amides is 2. The smallest absolute Gasteiger partial charge is 0.253 e. The molecule has 0 radical (unpaired) electrons. The fourth-order valence-corrected chi connectivity index (χ4v) is 4.40. The number of fused-ring (bicyclic) bond motifs is 3. The van der Waals surface area contributed by atoms with Crippen molar-refractivity contribution in [3.05, 3.63) is 54.1 Å². The molecule has 3 aromatic rings. The van der Waals surface area contributed by atoms with E-state index in [1.807, 2.05) is 60.0 Å². The average molecular weight is 434 g/mol. The predicted molar refractivity (Wildman–Crippen MR) is 123 cm³/mol. The molecule has 0 aliphatic carbocycles. The van der Waals surface area contributed by atoms with Crippen LogP contribution < -0.4 is 10.2 Å². The molecular formula is C24H27N5O3. The molecule has 1 N–H and O–H groups in total. The normalized spacial score (nSPS) is 18.8. The van der Waals surface area contributed by atoms with Crippen molar-refractivity contribution in [2.45, 2.75) is 19.4 Å². The summed E-state index contributed by atoms with van der Waals surface area (Å²) >= 11 is 0. The summed E-state index contributed by atoms with van der Waals surface area (Å²) in [5.41, 5.74) is 3.55. The van der Waals surface area contributed by atoms with E-state index < -0.39 is 6.04 Å². The van der Waals surface area contributed by atoms with Crippen LogP contribution in [0.5, 0.6) is 0 Å². The minimum absolute atomic E-state index is 0.0636. The first-order valence-corrected chi connectivity index (χ1v) is 11.0. The maximum Gasteiger partial charge on any atom is 0.253 e. The van der Waals surface area contributed by atoms with Gasteiger partial charge in [-0.3, -0.25) is 24.0 Å². The first-order valence-electron chi connectivity index (χ1n) is 11.0. The Kier molecular flexibility index (Phi) is 5.63. The van der Waals surface area contributed by atoms with Crippen LogP contribution in [0.25, 0.3) is 11.0 Å². The first kappa shape index (κ1) is 20.7. The number of carbonyl (C=O) groups is 2. The third kappa shape index (κ3) is 3.99. The second-order valence-corrected chi connectivity index (χ2v) is 8.35. The molecule has 1 fully saturated rings. The molecule has 1 aromatic heterocycles. The van der Waals surface area contributed by atoms with Gasteiger partial charge in [0.2, 0.25) is 11.9 Å². The molecule has 0 saturated carbocycles. The highest BCUT2D eigenvalue weighted by Gasteiger charge is 2.40. The zero-order valence-electron chi connectivity index (χ0n) is 18.2. The van der Waals surface area contributed by atoms with Gasteiger partial charge in [0.05, 0.1) is 30.7 Å². The summed E-state index contributed by atoms with van der Waals surface area (Å²) in [6, 6.07) is 14.8. The molecular weight excluding hydrogens is 406 g/mol. The monoisotopic (exact) mass is 433 g/mol. The number of carbonyl (C=O) groups excluding carboxylic acids is 2. The van der Waals surface area contributed by atoms with Gasteiger partial charge in [-0.15, -0.1) is 0 Å². The summed E-state index contributed by atoms with van der Waals surface area (Å²) in [5.74, 6) is 0.356. The van der Waals surface area contributed by atoms with Gasteiger partial charge in [0.25, 0.3) is 5.91 Å². The van der Waals surface area contributed by atoms with Crippen molar-refractivity contribution in [2.75, 3.05) is 49.6 Å². The zero-order chi connectivity index (χ0) is 22.1. The van der Waals surface area contributed by atoms with Gasteiger partial charge in [0.1, 0.15) is 6.04 Å². The Morgan fingerprint density at radius 3 is 2.62 bits per heavy atom. The van der Waals surface area contributed by atoms with Crippen LogP contribution in [0, 0.1) is 6.92 Å². The van der Waals surface area contributed by atoms with E-state index in [0.717, 1.165) is 41.9 Å². The molecule has 32 heavy (non-hydrogen) atoms. The van der Waals surface area contributed by atoms with Gasteiger partial charge in [-0.1, -0.05) is 29.8 Å². The van der Waals surface area contributed by atoms with Gasteiger partial charge in [-0.05, 0) is 31.2 Å². The van der Waals surface area contributed by atoms with Crippen molar-refractivity contribution in [3.63, 3.8) is 0 Å². The highest BCUT2D eigenvalue weighted by Crippen LogP contribution is 2.36. The zero-order valence-corrected chi connectivity index (χ0v) is 18.2. The molecule has 2 aromatic carbocycles. The standard InChI is InChI=1S/C24H27N5O3/c1-17-6-8-18(9-7-17)25-22(30)16-21-23(31)28(11-10-27-12-14-32-15-13-27)24-26-19-4-2-3-5-20(19)29(21)24/h2-9,21H,10-16H2,1H3,(H,25,30)/t21-/m0/s1. The fourth-order valence-electron chi connectivity index (χ4n) is 4.40. The number of hydrogen-bond donors (Lipinski definition) is 1. The van der Waals surface area contributed by atoms with Crippen LogP contribution in [0.15, 0.2) is 48.5 Å². The molecule has 2 aliphatic heterocycles. The number of anilines is 2. The van der Waals surface area contributed by atoms with Gasteiger partial charge in [-0.25, -0.2) is 4.98 Å². The Bertz CT molecular complexity index is 1130. The van der Waals surface area contributed by atoms with E-state index in [0.29, 0.717) is 25.7 Å².